The molecule has 4 atom stereocenters. The molecule has 1 N–H and O–H groups in total. The number of ether oxygens (including phenoxy) is 2. The number of aliphatic hydroxyl groups is 1. The van der Waals surface area contributed by atoms with Crippen LogP contribution in [0.5, 0.6) is 0 Å². The highest BCUT2D eigenvalue weighted by atomic mass is 16.6. The van der Waals surface area contributed by atoms with E-state index in [-0.39, 0.29) is 6.42 Å². The summed E-state index contributed by atoms with van der Waals surface area (Å²) in [4.78, 5) is 41.5. The van der Waals surface area contributed by atoms with E-state index in [1.165, 1.54) is 6.92 Å². The van der Waals surface area contributed by atoms with Gasteiger partial charge in [0, 0.05) is 32.1 Å². The minimum Gasteiger partial charge on any atom is -0.460 e. The lowest BCUT2D eigenvalue weighted by Gasteiger charge is -2.44. The number of hydrogen-bond acceptors (Lipinski definition) is 7. The van der Waals surface area contributed by atoms with Crippen LogP contribution in [0.15, 0.2) is 24.3 Å². The van der Waals surface area contributed by atoms with Gasteiger partial charge in [0.2, 0.25) is 0 Å². The molecular weight excluding hydrogens is 410 g/mol. The van der Waals surface area contributed by atoms with Gasteiger partial charge < -0.3 is 19.5 Å². The van der Waals surface area contributed by atoms with E-state index >= 15 is 0 Å². The highest BCUT2D eigenvalue weighted by Gasteiger charge is 2.57. The van der Waals surface area contributed by atoms with Crippen LogP contribution in [0.2, 0.25) is 0 Å². The largest absolute Gasteiger partial charge is 0.460 e. The first-order valence-corrected chi connectivity index (χ1v) is 10.9. The average Bonchev–Trinajstić information content (AvgIpc) is 2.56. The molecule has 178 valence electrons. The molecule has 0 spiro atoms. The van der Waals surface area contributed by atoms with Gasteiger partial charge in [0.25, 0.3) is 0 Å². The van der Waals surface area contributed by atoms with Gasteiger partial charge in [0.1, 0.15) is 17.1 Å². The Morgan fingerprint density at radius 1 is 0.969 bits per heavy atom. The number of esters is 2. The summed E-state index contributed by atoms with van der Waals surface area (Å²) in [5.41, 5.74) is -1.77. The van der Waals surface area contributed by atoms with Gasteiger partial charge in [-0.1, -0.05) is 12.1 Å². The molecule has 1 aliphatic rings. The second-order valence-electron chi connectivity index (χ2n) is 11.0. The summed E-state index contributed by atoms with van der Waals surface area (Å²) in [7, 11) is 3.80. The summed E-state index contributed by atoms with van der Waals surface area (Å²) in [5, 5.41) is 11.2. The molecule has 0 unspecified atom stereocenters. The molecule has 2 rings (SSSR count). The molecular formula is C25H37NO6. The molecule has 0 radical (unpaired) electrons. The molecule has 1 fully saturated rings. The SMILES string of the molecule is CN(C)c1ccc([C@@H]2[C@H](C(=O)OC(C)(C)C)C(=O)C[C@@](C)(O)[C@@H]2C(=O)OC(C)(C)C)cc1. The second kappa shape index (κ2) is 8.85. The standard InChI is InChI=1S/C25H37NO6/c1-23(2,3)31-21(28)19-17(27)14-25(7,30)20(22(29)32-24(4,5)6)18(19)15-10-12-16(13-11-15)26(8)9/h10-13,18-20,30H,14H2,1-9H3/t18-,19-,20+,25-/m1/s1. The molecule has 0 amide bonds. The number of anilines is 1. The zero-order valence-corrected chi connectivity index (χ0v) is 20.7. The summed E-state index contributed by atoms with van der Waals surface area (Å²) >= 11 is 0. The third-order valence-corrected chi connectivity index (χ3v) is 5.38. The first-order chi connectivity index (χ1) is 14.4. The van der Waals surface area contributed by atoms with Crippen molar-refractivity contribution in [2.45, 2.75) is 77.6 Å². The van der Waals surface area contributed by atoms with Crippen LogP contribution in [0.3, 0.4) is 0 Å². The van der Waals surface area contributed by atoms with E-state index in [1.54, 1.807) is 53.7 Å². The maximum Gasteiger partial charge on any atom is 0.317 e. The van der Waals surface area contributed by atoms with Crippen LogP contribution >= 0.6 is 0 Å². The average molecular weight is 448 g/mol. The first-order valence-electron chi connectivity index (χ1n) is 10.9. The molecule has 0 bridgehead atoms. The molecule has 0 saturated heterocycles. The summed E-state index contributed by atoms with van der Waals surface area (Å²) in [6.07, 6.45) is -0.340. The van der Waals surface area contributed by atoms with Crippen molar-refractivity contribution in [1.29, 1.82) is 0 Å². The van der Waals surface area contributed by atoms with Crippen molar-refractivity contribution in [3.05, 3.63) is 29.8 Å². The summed E-state index contributed by atoms with van der Waals surface area (Å²) in [6.45, 7) is 11.8. The van der Waals surface area contributed by atoms with Crippen molar-refractivity contribution in [3.8, 4) is 0 Å². The quantitative estimate of drug-likeness (QED) is 0.558. The molecule has 1 aliphatic carbocycles. The minimum atomic E-state index is -1.68. The molecule has 7 heteroatoms. The van der Waals surface area contributed by atoms with Gasteiger partial charge in [-0.2, -0.15) is 0 Å². The van der Waals surface area contributed by atoms with Crippen LogP contribution in [0, 0.1) is 11.8 Å². The van der Waals surface area contributed by atoms with Crippen LogP contribution in [0.25, 0.3) is 0 Å². The summed E-state index contributed by atoms with van der Waals surface area (Å²) in [5.74, 6) is -5.07. The van der Waals surface area contributed by atoms with Gasteiger partial charge in [-0.05, 0) is 66.2 Å². The number of nitrogens with zero attached hydrogens (tertiary/aromatic N) is 1. The number of benzene rings is 1. The Morgan fingerprint density at radius 2 is 1.44 bits per heavy atom. The number of Topliss-reactive ketones (excluding diaryl/α,β-unsaturated/α-hetero) is 1. The van der Waals surface area contributed by atoms with Crippen molar-refractivity contribution >= 4 is 23.4 Å². The predicted molar refractivity (Wildman–Crippen MR) is 122 cm³/mol. The number of carbonyl (C=O) groups is 3. The Hall–Kier alpha value is -2.41. The highest BCUT2D eigenvalue weighted by molar-refractivity contribution is 6.03. The molecule has 32 heavy (non-hydrogen) atoms. The van der Waals surface area contributed by atoms with Gasteiger partial charge in [0.05, 0.1) is 11.5 Å². The number of hydrogen-bond donors (Lipinski definition) is 1. The second-order valence-corrected chi connectivity index (χ2v) is 11.0. The van der Waals surface area contributed by atoms with Crippen LogP contribution < -0.4 is 4.90 Å². The lowest BCUT2D eigenvalue weighted by Crippen LogP contribution is -2.56. The van der Waals surface area contributed by atoms with Crippen LogP contribution in [0.4, 0.5) is 5.69 Å². The summed E-state index contributed by atoms with van der Waals surface area (Å²) < 4.78 is 11.2. The van der Waals surface area contributed by atoms with Crippen LogP contribution in [0.1, 0.15) is 66.4 Å². The Kier molecular flexibility index (Phi) is 7.15. The number of rotatable bonds is 4. The smallest absolute Gasteiger partial charge is 0.317 e. The lowest BCUT2D eigenvalue weighted by atomic mass is 9.61. The zero-order valence-electron chi connectivity index (χ0n) is 20.7. The molecule has 0 aliphatic heterocycles. The predicted octanol–water partition coefficient (Wildman–Crippen LogP) is 3.48. The Morgan fingerprint density at radius 3 is 1.88 bits per heavy atom. The lowest BCUT2D eigenvalue weighted by molar-refractivity contribution is -0.182. The maximum atomic E-state index is 13.3. The van der Waals surface area contributed by atoms with Gasteiger partial charge in [-0.15, -0.1) is 0 Å². The van der Waals surface area contributed by atoms with E-state index in [0.29, 0.717) is 5.56 Å². The Bertz CT molecular complexity index is 858. The normalized spacial score (nSPS) is 26.4. The Balaban J connectivity index is 2.64. The topological polar surface area (TPSA) is 93.1 Å². The highest BCUT2D eigenvalue weighted by Crippen LogP contribution is 2.47. The number of ketones is 1. The van der Waals surface area contributed by atoms with Crippen molar-refractivity contribution in [3.63, 3.8) is 0 Å². The maximum absolute atomic E-state index is 13.3. The first kappa shape index (κ1) is 25.8. The monoisotopic (exact) mass is 447 g/mol. The van der Waals surface area contributed by atoms with E-state index < -0.39 is 52.3 Å². The van der Waals surface area contributed by atoms with Crippen LogP contribution in [-0.2, 0) is 23.9 Å². The molecule has 0 heterocycles. The fourth-order valence-electron chi connectivity index (χ4n) is 4.14. The van der Waals surface area contributed by atoms with Gasteiger partial charge >= 0.3 is 11.9 Å². The molecule has 1 aromatic carbocycles. The summed E-state index contributed by atoms with van der Waals surface area (Å²) in [6, 6.07) is 7.26. The van der Waals surface area contributed by atoms with E-state index in [2.05, 4.69) is 0 Å². The molecule has 1 saturated carbocycles. The van der Waals surface area contributed by atoms with Crippen molar-refractivity contribution in [2.24, 2.45) is 11.8 Å². The van der Waals surface area contributed by atoms with Crippen molar-refractivity contribution < 1.29 is 29.0 Å². The van der Waals surface area contributed by atoms with Gasteiger partial charge in [0.15, 0.2) is 5.78 Å². The van der Waals surface area contributed by atoms with Crippen LogP contribution in [-0.4, -0.2) is 53.7 Å². The van der Waals surface area contributed by atoms with Gasteiger partial charge in [-0.3, -0.25) is 14.4 Å². The fourth-order valence-corrected chi connectivity index (χ4v) is 4.14. The van der Waals surface area contributed by atoms with Crippen molar-refractivity contribution in [1.82, 2.24) is 0 Å². The van der Waals surface area contributed by atoms with Gasteiger partial charge in [-0.25, -0.2) is 0 Å². The third kappa shape index (κ3) is 6.09. The van der Waals surface area contributed by atoms with E-state index in [9.17, 15) is 19.5 Å². The van der Waals surface area contributed by atoms with E-state index in [1.807, 2.05) is 31.1 Å². The Labute approximate surface area is 191 Å². The molecule has 0 aromatic heterocycles. The zero-order chi connectivity index (χ0) is 24.6. The van der Waals surface area contributed by atoms with E-state index in [4.69, 9.17) is 9.47 Å². The number of carbonyl (C=O) groups excluding carboxylic acids is 3. The fraction of sp³-hybridized carbons (Fsp3) is 0.640. The third-order valence-electron chi connectivity index (χ3n) is 5.38. The minimum absolute atomic E-state index is 0.340. The van der Waals surface area contributed by atoms with E-state index in [0.717, 1.165) is 5.69 Å². The molecule has 1 aromatic rings. The van der Waals surface area contributed by atoms with Crippen molar-refractivity contribution in [2.75, 3.05) is 19.0 Å². The molecule has 7 nitrogen and oxygen atoms in total.